The SMILES string of the molecule is C=COC=C.CC1(O)CCCCC1O. The summed E-state index contributed by atoms with van der Waals surface area (Å²) in [7, 11) is 0. The molecule has 14 heavy (non-hydrogen) atoms. The first-order chi connectivity index (χ1) is 6.54. The van der Waals surface area contributed by atoms with E-state index in [-0.39, 0.29) is 0 Å². The largest absolute Gasteiger partial charge is 0.474 e. The molecule has 0 aromatic heterocycles. The Labute approximate surface area is 85.7 Å². The standard InChI is InChI=1S/C7H14O2.C4H6O/c1-7(9)5-3-2-4-6(7)8;1-3-5-4-2/h6,8-9H,2-5H2,1H3;3-4H,1-2H2. The Hall–Kier alpha value is -0.800. The van der Waals surface area contributed by atoms with Gasteiger partial charge in [-0.2, -0.15) is 0 Å². The lowest BCUT2D eigenvalue weighted by atomic mass is 9.84. The summed E-state index contributed by atoms with van der Waals surface area (Å²) >= 11 is 0. The van der Waals surface area contributed by atoms with Crippen LogP contribution in [0.2, 0.25) is 0 Å². The van der Waals surface area contributed by atoms with Gasteiger partial charge in [-0.3, -0.25) is 0 Å². The highest BCUT2D eigenvalue weighted by Crippen LogP contribution is 2.27. The van der Waals surface area contributed by atoms with Crippen LogP contribution in [0.3, 0.4) is 0 Å². The Kier molecular flexibility index (Phi) is 6.25. The molecule has 1 aliphatic rings. The van der Waals surface area contributed by atoms with Crippen LogP contribution in [0.15, 0.2) is 25.7 Å². The van der Waals surface area contributed by atoms with Gasteiger partial charge >= 0.3 is 0 Å². The van der Waals surface area contributed by atoms with Gasteiger partial charge < -0.3 is 14.9 Å². The van der Waals surface area contributed by atoms with Gasteiger partial charge in [0.25, 0.3) is 0 Å². The Bertz CT molecular complexity index is 169. The summed E-state index contributed by atoms with van der Waals surface area (Å²) < 4.78 is 4.36. The summed E-state index contributed by atoms with van der Waals surface area (Å²) in [6, 6.07) is 0. The molecule has 0 aromatic rings. The number of rotatable bonds is 2. The molecule has 2 N–H and O–H groups in total. The van der Waals surface area contributed by atoms with Crippen LogP contribution in [0, 0.1) is 0 Å². The van der Waals surface area contributed by atoms with Gasteiger partial charge in [-0.25, -0.2) is 0 Å². The lowest BCUT2D eigenvalue weighted by molar-refractivity contribution is -0.0863. The van der Waals surface area contributed by atoms with Crippen molar-refractivity contribution in [2.45, 2.75) is 44.3 Å². The van der Waals surface area contributed by atoms with Gasteiger partial charge in [0.05, 0.1) is 24.2 Å². The first-order valence-electron chi connectivity index (χ1n) is 4.82. The van der Waals surface area contributed by atoms with Crippen LogP contribution in [0.1, 0.15) is 32.6 Å². The zero-order valence-corrected chi connectivity index (χ0v) is 8.78. The Morgan fingerprint density at radius 2 is 1.93 bits per heavy atom. The zero-order chi connectivity index (χ0) is 11.0. The highest BCUT2D eigenvalue weighted by Gasteiger charge is 2.32. The van der Waals surface area contributed by atoms with E-state index in [4.69, 9.17) is 0 Å². The van der Waals surface area contributed by atoms with E-state index < -0.39 is 11.7 Å². The van der Waals surface area contributed by atoms with Gasteiger partial charge in [-0.1, -0.05) is 26.0 Å². The fraction of sp³-hybridized carbons (Fsp3) is 0.636. The van der Waals surface area contributed by atoms with Gasteiger partial charge in [0.15, 0.2) is 0 Å². The van der Waals surface area contributed by atoms with E-state index in [1.165, 1.54) is 12.5 Å². The number of aliphatic hydroxyl groups excluding tert-OH is 1. The highest BCUT2D eigenvalue weighted by molar-refractivity contribution is 4.85. The Morgan fingerprint density at radius 1 is 1.36 bits per heavy atom. The maximum atomic E-state index is 9.39. The van der Waals surface area contributed by atoms with Crippen molar-refractivity contribution in [1.29, 1.82) is 0 Å². The second kappa shape index (κ2) is 6.62. The van der Waals surface area contributed by atoms with E-state index in [9.17, 15) is 10.2 Å². The van der Waals surface area contributed by atoms with Crippen LogP contribution in [0.4, 0.5) is 0 Å². The Balaban J connectivity index is 0.000000292. The van der Waals surface area contributed by atoms with Crippen LogP contribution in [-0.4, -0.2) is 21.9 Å². The van der Waals surface area contributed by atoms with E-state index in [0.29, 0.717) is 0 Å². The molecule has 0 spiro atoms. The minimum atomic E-state index is -0.807. The predicted octanol–water partition coefficient (Wildman–Crippen LogP) is 1.96. The third-order valence-corrected chi connectivity index (χ3v) is 2.32. The fourth-order valence-corrected chi connectivity index (χ4v) is 1.37. The van der Waals surface area contributed by atoms with Crippen molar-refractivity contribution in [3.05, 3.63) is 25.7 Å². The minimum absolute atomic E-state index is 0.494. The topological polar surface area (TPSA) is 49.7 Å². The van der Waals surface area contributed by atoms with Crippen LogP contribution >= 0.6 is 0 Å². The van der Waals surface area contributed by atoms with E-state index in [1.54, 1.807) is 6.92 Å². The molecular formula is C11H20O3. The van der Waals surface area contributed by atoms with Crippen molar-refractivity contribution >= 4 is 0 Å². The summed E-state index contributed by atoms with van der Waals surface area (Å²) in [6.45, 7) is 8.22. The monoisotopic (exact) mass is 200 g/mol. The first-order valence-corrected chi connectivity index (χ1v) is 4.82. The van der Waals surface area contributed by atoms with Gasteiger partial charge in [0.1, 0.15) is 0 Å². The lowest BCUT2D eigenvalue weighted by Gasteiger charge is -2.33. The molecule has 1 aliphatic carbocycles. The van der Waals surface area contributed by atoms with Crippen molar-refractivity contribution < 1.29 is 14.9 Å². The molecule has 2 unspecified atom stereocenters. The van der Waals surface area contributed by atoms with Gasteiger partial charge in [0, 0.05) is 0 Å². The van der Waals surface area contributed by atoms with E-state index in [2.05, 4.69) is 17.9 Å². The summed E-state index contributed by atoms with van der Waals surface area (Å²) in [4.78, 5) is 0. The summed E-state index contributed by atoms with van der Waals surface area (Å²) in [5.41, 5.74) is -0.807. The fourth-order valence-electron chi connectivity index (χ4n) is 1.37. The quantitative estimate of drug-likeness (QED) is 0.670. The van der Waals surface area contributed by atoms with Crippen molar-refractivity contribution in [2.75, 3.05) is 0 Å². The highest BCUT2D eigenvalue weighted by atomic mass is 16.5. The normalized spacial score (nSPS) is 30.9. The van der Waals surface area contributed by atoms with Crippen molar-refractivity contribution in [2.24, 2.45) is 0 Å². The summed E-state index contributed by atoms with van der Waals surface area (Å²) in [6.07, 6.45) is 5.73. The molecule has 0 saturated heterocycles. The molecule has 3 heteroatoms. The number of hydrogen-bond acceptors (Lipinski definition) is 3. The van der Waals surface area contributed by atoms with Crippen molar-refractivity contribution in [1.82, 2.24) is 0 Å². The molecule has 0 amide bonds. The third kappa shape index (κ3) is 5.04. The average molecular weight is 200 g/mol. The van der Waals surface area contributed by atoms with Crippen molar-refractivity contribution in [3.63, 3.8) is 0 Å². The summed E-state index contributed by atoms with van der Waals surface area (Å²) in [5, 5.41) is 18.6. The summed E-state index contributed by atoms with van der Waals surface area (Å²) in [5.74, 6) is 0. The molecule has 82 valence electrons. The number of ether oxygens (including phenoxy) is 1. The van der Waals surface area contributed by atoms with E-state index >= 15 is 0 Å². The van der Waals surface area contributed by atoms with Gasteiger partial charge in [-0.05, 0) is 19.8 Å². The van der Waals surface area contributed by atoms with Crippen LogP contribution < -0.4 is 0 Å². The maximum absolute atomic E-state index is 9.39. The molecule has 3 nitrogen and oxygen atoms in total. The third-order valence-electron chi connectivity index (χ3n) is 2.32. The van der Waals surface area contributed by atoms with Gasteiger partial charge in [-0.15, -0.1) is 0 Å². The predicted molar refractivity (Wildman–Crippen MR) is 56.6 cm³/mol. The minimum Gasteiger partial charge on any atom is -0.474 e. The second-order valence-corrected chi connectivity index (χ2v) is 3.59. The van der Waals surface area contributed by atoms with Crippen LogP contribution in [0.5, 0.6) is 0 Å². The van der Waals surface area contributed by atoms with Crippen LogP contribution in [-0.2, 0) is 4.74 Å². The van der Waals surface area contributed by atoms with Crippen molar-refractivity contribution in [3.8, 4) is 0 Å². The molecule has 0 bridgehead atoms. The number of aliphatic hydroxyl groups is 2. The molecule has 1 saturated carbocycles. The number of hydrogen-bond donors (Lipinski definition) is 2. The molecule has 1 fully saturated rings. The van der Waals surface area contributed by atoms with E-state index in [1.807, 2.05) is 0 Å². The zero-order valence-electron chi connectivity index (χ0n) is 8.78. The van der Waals surface area contributed by atoms with Gasteiger partial charge in [0.2, 0.25) is 0 Å². The average Bonchev–Trinajstić information content (AvgIpc) is 2.13. The second-order valence-electron chi connectivity index (χ2n) is 3.59. The molecule has 0 aromatic carbocycles. The van der Waals surface area contributed by atoms with E-state index in [0.717, 1.165) is 25.7 Å². The molecule has 0 heterocycles. The molecule has 0 aliphatic heterocycles. The molecular weight excluding hydrogens is 180 g/mol. The molecule has 0 radical (unpaired) electrons. The smallest absolute Gasteiger partial charge is 0.0877 e. The first kappa shape index (κ1) is 13.2. The molecule has 1 rings (SSSR count). The Morgan fingerprint density at radius 3 is 2.14 bits per heavy atom. The lowest BCUT2D eigenvalue weighted by Crippen LogP contribution is -2.41. The van der Waals surface area contributed by atoms with Crippen LogP contribution in [0.25, 0.3) is 0 Å². The maximum Gasteiger partial charge on any atom is 0.0877 e. The molecule has 2 atom stereocenters.